The van der Waals surface area contributed by atoms with Crippen LogP contribution in [0.25, 0.3) is 0 Å². The average Bonchev–Trinajstić information content (AvgIpc) is 2.58. The van der Waals surface area contributed by atoms with Gasteiger partial charge in [0.1, 0.15) is 5.75 Å². The molecule has 128 valence electrons. The molecule has 0 spiro atoms. The van der Waals surface area contributed by atoms with Gasteiger partial charge in [-0.05, 0) is 48.2 Å². The molecule has 0 aliphatic heterocycles. The topological polar surface area (TPSA) is 50.4 Å². The zero-order chi connectivity index (χ0) is 17.2. The highest BCUT2D eigenvalue weighted by molar-refractivity contribution is 9.10. The number of carbonyl (C=O) groups is 1. The number of benzene rings is 2. The third-order valence-electron chi connectivity index (χ3n) is 3.55. The van der Waals surface area contributed by atoms with Crippen molar-refractivity contribution >= 4 is 22.0 Å². The van der Waals surface area contributed by atoms with Gasteiger partial charge in [0.05, 0.1) is 0 Å². The van der Waals surface area contributed by atoms with E-state index in [9.17, 15) is 4.79 Å². The fourth-order valence-corrected chi connectivity index (χ4v) is 2.52. The number of rotatable bonds is 8. The van der Waals surface area contributed by atoms with E-state index in [4.69, 9.17) is 4.74 Å². The summed E-state index contributed by atoms with van der Waals surface area (Å²) in [5.41, 5.74) is 2.48. The summed E-state index contributed by atoms with van der Waals surface area (Å²) >= 11 is 3.40. The molecule has 2 N–H and O–H groups in total. The minimum Gasteiger partial charge on any atom is -0.473 e. The van der Waals surface area contributed by atoms with Crippen LogP contribution in [0.15, 0.2) is 53.0 Å². The molecule has 0 unspecified atom stereocenters. The van der Waals surface area contributed by atoms with Gasteiger partial charge in [-0.3, -0.25) is 0 Å². The molecule has 0 fully saturated rings. The van der Waals surface area contributed by atoms with Crippen LogP contribution < -0.4 is 15.4 Å². The van der Waals surface area contributed by atoms with Gasteiger partial charge in [0.25, 0.3) is 0 Å². The molecule has 2 aromatic rings. The van der Waals surface area contributed by atoms with E-state index in [2.05, 4.69) is 45.6 Å². The van der Waals surface area contributed by atoms with E-state index in [0.29, 0.717) is 6.54 Å². The normalized spacial score (nSPS) is 10.2. The lowest BCUT2D eigenvalue weighted by molar-refractivity contribution is 0.224. The number of ether oxygens (including phenoxy) is 1. The Bertz CT molecular complexity index is 627. The molecule has 4 nitrogen and oxygen atoms in total. The lowest BCUT2D eigenvalue weighted by Crippen LogP contribution is -2.38. The predicted octanol–water partition coefficient (Wildman–Crippen LogP) is 4.28. The molecule has 5 heteroatoms. The molecule has 0 bridgehead atoms. The van der Waals surface area contributed by atoms with E-state index in [1.165, 1.54) is 11.1 Å². The highest BCUT2D eigenvalue weighted by Gasteiger charge is 2.01. The first kappa shape index (κ1) is 18.3. The van der Waals surface area contributed by atoms with Crippen LogP contribution >= 0.6 is 15.9 Å². The van der Waals surface area contributed by atoms with Crippen molar-refractivity contribution in [1.82, 2.24) is 10.6 Å². The number of amides is 2. The Morgan fingerprint density at radius 2 is 1.58 bits per heavy atom. The second-order valence-electron chi connectivity index (χ2n) is 5.49. The van der Waals surface area contributed by atoms with Crippen LogP contribution in [-0.2, 0) is 12.8 Å². The van der Waals surface area contributed by atoms with Crippen LogP contribution in [0.2, 0.25) is 0 Å². The smallest absolute Gasteiger partial charge is 0.317 e. The Balaban J connectivity index is 1.61. The van der Waals surface area contributed by atoms with Crippen molar-refractivity contribution in [2.45, 2.75) is 26.2 Å². The van der Waals surface area contributed by atoms with Crippen molar-refractivity contribution in [2.24, 2.45) is 0 Å². The van der Waals surface area contributed by atoms with E-state index < -0.39 is 0 Å². The quantitative estimate of drug-likeness (QED) is 0.660. The summed E-state index contributed by atoms with van der Waals surface area (Å²) in [4.78, 5) is 11.7. The van der Waals surface area contributed by atoms with Crippen LogP contribution in [0.1, 0.15) is 24.5 Å². The molecule has 2 aromatic carbocycles. The Kier molecular flexibility index (Phi) is 7.62. The van der Waals surface area contributed by atoms with Crippen LogP contribution in [0.3, 0.4) is 0 Å². The van der Waals surface area contributed by atoms with Gasteiger partial charge in [-0.25, -0.2) is 4.79 Å². The molecule has 0 aliphatic rings. The maximum atomic E-state index is 11.7. The third kappa shape index (κ3) is 6.62. The summed E-state index contributed by atoms with van der Waals surface area (Å²) in [5, 5.41) is 5.50. The second kappa shape index (κ2) is 9.98. The summed E-state index contributed by atoms with van der Waals surface area (Å²) in [5.74, 6) is 0.755. The van der Waals surface area contributed by atoms with Crippen LogP contribution in [0.5, 0.6) is 5.75 Å². The van der Waals surface area contributed by atoms with E-state index in [1.807, 2.05) is 36.4 Å². The van der Waals surface area contributed by atoms with Crippen molar-refractivity contribution < 1.29 is 9.53 Å². The fraction of sp³-hybridized carbons (Fsp3) is 0.316. The number of urea groups is 1. The Morgan fingerprint density at radius 1 is 0.958 bits per heavy atom. The summed E-state index contributed by atoms with van der Waals surface area (Å²) in [7, 11) is 0. The van der Waals surface area contributed by atoms with Crippen LogP contribution in [0, 0.1) is 0 Å². The van der Waals surface area contributed by atoms with E-state index in [0.717, 1.165) is 29.5 Å². The SMILES string of the molecule is CCCc1ccc(OCNC(=O)NCCc2ccc(Br)cc2)cc1. The van der Waals surface area contributed by atoms with Gasteiger partial charge in [0, 0.05) is 11.0 Å². The average molecular weight is 391 g/mol. The van der Waals surface area contributed by atoms with Gasteiger partial charge in [-0.1, -0.05) is 53.5 Å². The number of halogens is 1. The molecular weight excluding hydrogens is 368 g/mol. The maximum absolute atomic E-state index is 11.7. The molecule has 24 heavy (non-hydrogen) atoms. The number of carbonyl (C=O) groups excluding carboxylic acids is 1. The number of nitrogens with one attached hydrogen (secondary N) is 2. The zero-order valence-electron chi connectivity index (χ0n) is 13.8. The minimum atomic E-state index is -0.227. The molecule has 0 saturated carbocycles. The van der Waals surface area contributed by atoms with Crippen molar-refractivity contribution in [3.63, 3.8) is 0 Å². The van der Waals surface area contributed by atoms with Gasteiger partial charge in [0.15, 0.2) is 6.73 Å². The number of hydrogen-bond acceptors (Lipinski definition) is 2. The first-order valence-electron chi connectivity index (χ1n) is 8.15. The van der Waals surface area contributed by atoms with Crippen LogP contribution in [0.4, 0.5) is 4.79 Å². The predicted molar refractivity (Wildman–Crippen MR) is 100 cm³/mol. The van der Waals surface area contributed by atoms with E-state index >= 15 is 0 Å². The summed E-state index contributed by atoms with van der Waals surface area (Å²) in [6.45, 7) is 2.89. The van der Waals surface area contributed by atoms with Gasteiger partial charge in [0.2, 0.25) is 0 Å². The van der Waals surface area contributed by atoms with E-state index in [-0.39, 0.29) is 12.8 Å². The standard InChI is InChI=1S/C19H23BrN2O2/c1-2-3-15-6-10-18(11-7-15)24-14-22-19(23)21-13-12-16-4-8-17(20)9-5-16/h4-11H,2-3,12-14H2,1H3,(H2,21,22,23). The summed E-state index contributed by atoms with van der Waals surface area (Å²) < 4.78 is 6.56. The van der Waals surface area contributed by atoms with Crippen LogP contribution in [-0.4, -0.2) is 19.3 Å². The highest BCUT2D eigenvalue weighted by Crippen LogP contribution is 2.13. The molecular formula is C19H23BrN2O2. The molecule has 0 atom stereocenters. The Labute approximate surface area is 151 Å². The molecule has 0 saturated heterocycles. The number of hydrogen-bond donors (Lipinski definition) is 2. The van der Waals surface area contributed by atoms with Crippen molar-refractivity contribution in [3.8, 4) is 5.75 Å². The lowest BCUT2D eigenvalue weighted by Gasteiger charge is -2.10. The summed E-state index contributed by atoms with van der Waals surface area (Å²) in [6, 6.07) is 15.8. The monoisotopic (exact) mass is 390 g/mol. The molecule has 0 heterocycles. The largest absolute Gasteiger partial charge is 0.473 e. The molecule has 0 aliphatic carbocycles. The van der Waals surface area contributed by atoms with Crippen molar-refractivity contribution in [3.05, 3.63) is 64.1 Å². The Morgan fingerprint density at radius 3 is 2.25 bits per heavy atom. The third-order valence-corrected chi connectivity index (χ3v) is 4.07. The fourth-order valence-electron chi connectivity index (χ4n) is 2.26. The van der Waals surface area contributed by atoms with Gasteiger partial charge in [-0.15, -0.1) is 0 Å². The minimum absolute atomic E-state index is 0.150. The van der Waals surface area contributed by atoms with Gasteiger partial charge in [-0.2, -0.15) is 0 Å². The van der Waals surface area contributed by atoms with Crippen molar-refractivity contribution in [1.29, 1.82) is 0 Å². The highest BCUT2D eigenvalue weighted by atomic mass is 79.9. The molecule has 0 radical (unpaired) electrons. The molecule has 0 aromatic heterocycles. The van der Waals surface area contributed by atoms with Gasteiger partial charge >= 0.3 is 6.03 Å². The van der Waals surface area contributed by atoms with Crippen molar-refractivity contribution in [2.75, 3.05) is 13.3 Å². The summed E-state index contributed by atoms with van der Waals surface area (Å²) in [6.07, 6.45) is 2.99. The second-order valence-corrected chi connectivity index (χ2v) is 6.41. The van der Waals surface area contributed by atoms with E-state index in [1.54, 1.807) is 0 Å². The zero-order valence-corrected chi connectivity index (χ0v) is 15.4. The number of aryl methyl sites for hydroxylation is 1. The Hall–Kier alpha value is -2.01. The first-order valence-corrected chi connectivity index (χ1v) is 8.94. The maximum Gasteiger partial charge on any atom is 0.317 e. The first-order chi connectivity index (χ1) is 11.7. The molecule has 2 amide bonds. The molecule has 2 rings (SSSR count). The lowest BCUT2D eigenvalue weighted by atomic mass is 10.1. The van der Waals surface area contributed by atoms with Gasteiger partial charge < -0.3 is 15.4 Å².